The van der Waals surface area contributed by atoms with Crippen LogP contribution in [0.2, 0.25) is 0 Å². The number of hydrogen-bond donors (Lipinski definition) is 2. The monoisotopic (exact) mass is 698 g/mol. The third-order valence-electron chi connectivity index (χ3n) is 11.0. The summed E-state index contributed by atoms with van der Waals surface area (Å²) in [6.45, 7) is 4.79. The fraction of sp³-hybridized carbons (Fsp3) is 0.474. The Labute approximate surface area is 292 Å². The minimum absolute atomic E-state index is 0.0908. The van der Waals surface area contributed by atoms with Crippen LogP contribution in [0.5, 0.6) is 5.75 Å². The van der Waals surface area contributed by atoms with Gasteiger partial charge in [-0.15, -0.1) is 6.58 Å². The Balaban J connectivity index is 1.10. The summed E-state index contributed by atoms with van der Waals surface area (Å²) in [6.07, 6.45) is 10.2. The molecule has 1 heterocycles. The highest BCUT2D eigenvalue weighted by molar-refractivity contribution is 7.91. The number of sulfonamides is 1. The smallest absolute Gasteiger partial charge is 0.259 e. The number of carbonyl (C=O) groups is 3. The van der Waals surface area contributed by atoms with E-state index in [2.05, 4.69) is 27.8 Å². The van der Waals surface area contributed by atoms with Gasteiger partial charge in [0.1, 0.15) is 29.7 Å². The number of rotatable bonds is 7. The summed E-state index contributed by atoms with van der Waals surface area (Å²) in [5.41, 5.74) is 3.09. The van der Waals surface area contributed by atoms with Crippen molar-refractivity contribution in [2.75, 3.05) is 13.2 Å². The Morgan fingerprint density at radius 2 is 1.78 bits per heavy atom. The zero-order valence-electron chi connectivity index (χ0n) is 27.9. The van der Waals surface area contributed by atoms with Gasteiger partial charge in [-0.1, -0.05) is 47.6 Å². The van der Waals surface area contributed by atoms with Crippen molar-refractivity contribution in [1.29, 1.82) is 0 Å². The van der Waals surface area contributed by atoms with E-state index in [1.54, 1.807) is 6.08 Å². The first kappa shape index (κ1) is 32.7. The zero-order valence-corrected chi connectivity index (χ0v) is 28.7. The molecule has 3 amide bonds. The first-order valence-electron chi connectivity index (χ1n) is 17.8. The van der Waals surface area contributed by atoms with Crippen LogP contribution in [-0.4, -0.2) is 72.8 Å². The van der Waals surface area contributed by atoms with Gasteiger partial charge in [0.15, 0.2) is 0 Å². The molecule has 50 heavy (non-hydrogen) atoms. The van der Waals surface area contributed by atoms with Crippen LogP contribution in [-0.2, 0) is 29.2 Å². The number of benzene rings is 2. The molecule has 2 N–H and O–H groups in total. The van der Waals surface area contributed by atoms with Gasteiger partial charge in [0.05, 0.1) is 17.1 Å². The lowest BCUT2D eigenvalue weighted by molar-refractivity contribution is -0.142. The molecule has 0 spiro atoms. The number of hydrogen-bond acceptors (Lipinski definition) is 8. The molecule has 2 aromatic rings. The fourth-order valence-corrected chi connectivity index (χ4v) is 9.15. The topological polar surface area (TPSA) is 143 Å². The average Bonchev–Trinajstić information content (AvgIpc) is 4.02. The van der Waals surface area contributed by atoms with Crippen molar-refractivity contribution < 1.29 is 32.4 Å². The van der Waals surface area contributed by atoms with Crippen LogP contribution in [0.4, 0.5) is 0 Å². The molecule has 0 aromatic heterocycles. The number of oxime groups is 1. The van der Waals surface area contributed by atoms with Gasteiger partial charge in [-0.05, 0) is 87.1 Å². The van der Waals surface area contributed by atoms with E-state index in [4.69, 9.17) is 9.57 Å². The van der Waals surface area contributed by atoms with E-state index < -0.39 is 56.5 Å². The van der Waals surface area contributed by atoms with Crippen molar-refractivity contribution in [2.24, 2.45) is 22.9 Å². The van der Waals surface area contributed by atoms with E-state index in [-0.39, 0.29) is 31.2 Å². The highest BCUT2D eigenvalue weighted by atomic mass is 32.2. The molecule has 5 aliphatic carbocycles. The van der Waals surface area contributed by atoms with Gasteiger partial charge >= 0.3 is 0 Å². The molecule has 0 saturated heterocycles. The number of nitrogens with one attached hydrogen (secondary N) is 2. The molecule has 8 rings (SSSR count). The molecule has 2 aromatic carbocycles. The molecule has 6 aliphatic rings. The first-order chi connectivity index (χ1) is 24.2. The number of fused-ring (bicyclic) bond motifs is 6. The molecule has 4 bridgehead atoms. The van der Waals surface area contributed by atoms with Gasteiger partial charge in [0.25, 0.3) is 5.91 Å². The lowest BCUT2D eigenvalue weighted by Gasteiger charge is -2.29. The quantitative estimate of drug-likeness (QED) is 0.352. The van der Waals surface area contributed by atoms with Crippen LogP contribution >= 0.6 is 0 Å². The fourth-order valence-electron chi connectivity index (χ4n) is 7.79. The molecule has 1 aliphatic heterocycles. The standard InChI is InChI=1S/C38H42N4O7S/c1-2-23-22-38(23,37(45)41-50(46,47)27-14-15-27)39-35(43)32-20-26-21-33(32)36(44)42(24-11-12-24)17-7-3-4-8-18-48-25-13-16-29-28-9-5-6-10-30(28)34(40-49-26)31(29)19-25/h2,4-6,8-10,13,16,19,23-24,26-27,32-33H,1,3,7,11-12,14-15,17-18,20-22H2,(H,39,43)(H,41,45)/b8-4-,40-34-/t23-,26+,32+,33+,38+/m0/s1. The average molecular weight is 699 g/mol. The Hall–Kier alpha value is -4.45. The normalized spacial score (nSPS) is 30.7. The molecular weight excluding hydrogens is 657 g/mol. The summed E-state index contributed by atoms with van der Waals surface area (Å²) in [7, 11) is -3.83. The van der Waals surface area contributed by atoms with Gasteiger partial charge in [0.2, 0.25) is 21.8 Å². The highest BCUT2D eigenvalue weighted by Crippen LogP contribution is 2.47. The largest absolute Gasteiger partial charge is 0.490 e. The minimum Gasteiger partial charge on any atom is -0.490 e. The van der Waals surface area contributed by atoms with Crippen LogP contribution in [0.3, 0.4) is 0 Å². The van der Waals surface area contributed by atoms with Gasteiger partial charge in [-0.3, -0.25) is 19.1 Å². The number of nitrogens with zero attached hydrogens (tertiary/aromatic N) is 2. The molecular formula is C38H42N4O7S. The summed E-state index contributed by atoms with van der Waals surface area (Å²) in [6, 6.07) is 14.1. The Kier molecular flexibility index (Phi) is 8.32. The number of amides is 3. The summed E-state index contributed by atoms with van der Waals surface area (Å²) in [5, 5.41) is 7.01. The second-order valence-electron chi connectivity index (χ2n) is 14.5. The molecule has 4 fully saturated rings. The molecule has 0 radical (unpaired) electrons. The van der Waals surface area contributed by atoms with Crippen molar-refractivity contribution in [3.05, 3.63) is 78.4 Å². The second kappa shape index (κ2) is 12.7. The van der Waals surface area contributed by atoms with Gasteiger partial charge in [0, 0.05) is 29.6 Å². The lowest BCUT2D eigenvalue weighted by atomic mass is 9.92. The highest BCUT2D eigenvalue weighted by Gasteiger charge is 2.62. The van der Waals surface area contributed by atoms with Crippen molar-refractivity contribution in [3.63, 3.8) is 0 Å². The van der Waals surface area contributed by atoms with Gasteiger partial charge < -0.3 is 19.8 Å². The van der Waals surface area contributed by atoms with Crippen LogP contribution in [0.1, 0.15) is 68.9 Å². The number of ether oxygens (including phenoxy) is 1. The van der Waals surface area contributed by atoms with Crippen LogP contribution in [0.15, 0.2) is 72.4 Å². The summed E-state index contributed by atoms with van der Waals surface area (Å²) >= 11 is 0. The summed E-state index contributed by atoms with van der Waals surface area (Å²) in [4.78, 5) is 50.2. The second-order valence-corrected chi connectivity index (χ2v) is 16.4. The molecule has 5 atom stereocenters. The van der Waals surface area contributed by atoms with Crippen LogP contribution in [0.25, 0.3) is 11.1 Å². The Bertz CT molecular complexity index is 1920. The molecule has 12 heteroatoms. The van der Waals surface area contributed by atoms with E-state index in [0.717, 1.165) is 53.7 Å². The minimum atomic E-state index is -3.83. The Morgan fingerprint density at radius 1 is 1.00 bits per heavy atom. The van der Waals surface area contributed by atoms with Crippen molar-refractivity contribution in [1.82, 2.24) is 14.9 Å². The van der Waals surface area contributed by atoms with Crippen LogP contribution in [0, 0.1) is 17.8 Å². The third-order valence-corrected chi connectivity index (χ3v) is 12.8. The molecule has 262 valence electrons. The summed E-state index contributed by atoms with van der Waals surface area (Å²) in [5.74, 6) is -2.50. The van der Waals surface area contributed by atoms with E-state index in [1.807, 2.05) is 53.4 Å². The summed E-state index contributed by atoms with van der Waals surface area (Å²) < 4.78 is 33.6. The van der Waals surface area contributed by atoms with Crippen molar-refractivity contribution in [3.8, 4) is 16.9 Å². The van der Waals surface area contributed by atoms with Gasteiger partial charge in [-0.2, -0.15) is 0 Å². The van der Waals surface area contributed by atoms with Crippen molar-refractivity contribution in [2.45, 2.75) is 80.7 Å². The number of carbonyl (C=O) groups excluding carboxylic acids is 3. The molecule has 4 saturated carbocycles. The van der Waals surface area contributed by atoms with E-state index in [0.29, 0.717) is 31.7 Å². The predicted molar refractivity (Wildman–Crippen MR) is 186 cm³/mol. The van der Waals surface area contributed by atoms with Crippen molar-refractivity contribution >= 4 is 33.5 Å². The van der Waals surface area contributed by atoms with E-state index in [9.17, 15) is 22.8 Å². The lowest BCUT2D eigenvalue weighted by Crippen LogP contribution is -2.54. The number of allylic oxidation sites excluding steroid dienone is 1. The zero-order chi connectivity index (χ0) is 34.6. The van der Waals surface area contributed by atoms with Gasteiger partial charge in [-0.25, -0.2) is 8.42 Å². The maximum atomic E-state index is 14.3. The Morgan fingerprint density at radius 3 is 2.52 bits per heavy atom. The SMILES string of the molecule is C=C[C@H]1C[C@]1(NC(=O)[C@@H]1C[C@@H]2C[C@H]1C(=O)N(C1CC1)CCC/C=C\COc1ccc3c(c1)/C(=N\O2)c1ccccc1-3)C(=O)NS(=O)(=O)C1CC1. The van der Waals surface area contributed by atoms with Crippen LogP contribution < -0.4 is 14.8 Å². The van der Waals surface area contributed by atoms with E-state index in [1.165, 1.54) is 0 Å². The predicted octanol–water partition coefficient (Wildman–Crippen LogP) is 4.22. The maximum absolute atomic E-state index is 14.3. The maximum Gasteiger partial charge on any atom is 0.259 e. The molecule has 0 unspecified atom stereocenters. The first-order valence-corrected chi connectivity index (χ1v) is 19.3. The van der Waals surface area contributed by atoms with E-state index >= 15 is 0 Å². The molecule has 11 nitrogen and oxygen atoms in total. The third kappa shape index (κ3) is 6.12.